The molecule has 1 N–H and O–H groups in total. The molecule has 0 saturated heterocycles. The molecule has 0 radical (unpaired) electrons. The summed E-state index contributed by atoms with van der Waals surface area (Å²) in [7, 11) is 0. The number of hydrogen-bond donors (Lipinski definition) is 1. The molecule has 2 heterocycles. The van der Waals surface area contributed by atoms with E-state index in [4.69, 9.17) is 4.98 Å². The van der Waals surface area contributed by atoms with Gasteiger partial charge in [-0.25, -0.2) is 4.98 Å². The minimum absolute atomic E-state index is 0.355. The van der Waals surface area contributed by atoms with E-state index in [1.807, 2.05) is 0 Å². The molecule has 0 unspecified atom stereocenters. The third kappa shape index (κ3) is 2.51. The van der Waals surface area contributed by atoms with Gasteiger partial charge in [-0.15, -0.1) is 0 Å². The lowest BCUT2D eigenvalue weighted by Crippen LogP contribution is -2.13. The number of rotatable bonds is 3. The number of fused-ring (bicyclic) bond motifs is 1. The number of anilines is 1. The molecule has 3 heteroatoms. The number of nitrogens with zero attached hydrogens (tertiary/aromatic N) is 2. The van der Waals surface area contributed by atoms with Crippen LogP contribution < -0.4 is 5.32 Å². The molecule has 3 nitrogen and oxygen atoms in total. The van der Waals surface area contributed by atoms with Crippen molar-refractivity contribution in [2.24, 2.45) is 0 Å². The molecule has 0 aliphatic heterocycles. The van der Waals surface area contributed by atoms with Crippen molar-refractivity contribution in [1.29, 1.82) is 0 Å². The number of hydrogen-bond acceptors (Lipinski definition) is 2. The van der Waals surface area contributed by atoms with Crippen LogP contribution in [0.1, 0.15) is 25.1 Å². The van der Waals surface area contributed by atoms with E-state index in [-0.39, 0.29) is 0 Å². The molecule has 2 aromatic heterocycles. The summed E-state index contributed by atoms with van der Waals surface area (Å²) in [6.07, 6.45) is 0. The van der Waals surface area contributed by atoms with Crippen LogP contribution in [0.25, 0.3) is 16.9 Å². The van der Waals surface area contributed by atoms with Crippen LogP contribution in [0.15, 0.2) is 42.5 Å². The van der Waals surface area contributed by atoms with Gasteiger partial charge in [0.2, 0.25) is 0 Å². The summed E-state index contributed by atoms with van der Waals surface area (Å²) < 4.78 is 2.19. The Morgan fingerprint density at radius 2 is 1.71 bits per heavy atom. The van der Waals surface area contributed by atoms with Gasteiger partial charge in [-0.05, 0) is 39.8 Å². The zero-order valence-electron chi connectivity index (χ0n) is 13.0. The number of imidazole rings is 1. The molecule has 0 atom stereocenters. The molecule has 3 rings (SSSR count). The van der Waals surface area contributed by atoms with Crippen molar-refractivity contribution in [2.45, 2.75) is 33.7 Å². The highest BCUT2D eigenvalue weighted by Gasteiger charge is 2.15. The van der Waals surface area contributed by atoms with E-state index in [2.05, 4.69) is 79.9 Å². The Kier molecular flexibility index (Phi) is 3.42. The van der Waals surface area contributed by atoms with Gasteiger partial charge in [-0.1, -0.05) is 35.9 Å². The van der Waals surface area contributed by atoms with Gasteiger partial charge in [0.1, 0.15) is 17.2 Å². The molecule has 0 bridgehead atoms. The maximum absolute atomic E-state index is 4.83. The molecule has 108 valence electrons. The second-order valence-corrected chi connectivity index (χ2v) is 5.83. The van der Waals surface area contributed by atoms with Gasteiger partial charge in [0.15, 0.2) is 0 Å². The normalized spacial score (nSPS) is 11.3. The molecular weight excluding hydrogens is 258 g/mol. The summed E-state index contributed by atoms with van der Waals surface area (Å²) >= 11 is 0. The average molecular weight is 279 g/mol. The van der Waals surface area contributed by atoms with Crippen molar-refractivity contribution in [2.75, 3.05) is 5.32 Å². The lowest BCUT2D eigenvalue weighted by atomic mass is 10.1. The maximum atomic E-state index is 4.83. The van der Waals surface area contributed by atoms with E-state index in [1.165, 1.54) is 11.3 Å². The van der Waals surface area contributed by atoms with Crippen LogP contribution in [0.4, 0.5) is 5.82 Å². The zero-order valence-corrected chi connectivity index (χ0v) is 13.0. The van der Waals surface area contributed by atoms with E-state index >= 15 is 0 Å². The van der Waals surface area contributed by atoms with Gasteiger partial charge < -0.3 is 5.32 Å². The fourth-order valence-electron chi connectivity index (χ4n) is 2.57. The van der Waals surface area contributed by atoms with Crippen LogP contribution in [-0.2, 0) is 0 Å². The first-order valence-corrected chi connectivity index (χ1v) is 7.38. The van der Waals surface area contributed by atoms with Crippen molar-refractivity contribution >= 4 is 11.5 Å². The fraction of sp³-hybridized carbons (Fsp3) is 0.278. The maximum Gasteiger partial charge on any atom is 0.139 e. The van der Waals surface area contributed by atoms with E-state index in [9.17, 15) is 0 Å². The molecule has 0 aliphatic carbocycles. The summed E-state index contributed by atoms with van der Waals surface area (Å²) in [5, 5.41) is 3.55. The molecule has 1 aromatic carbocycles. The van der Waals surface area contributed by atoms with Crippen LogP contribution >= 0.6 is 0 Å². The largest absolute Gasteiger partial charge is 0.367 e. The average Bonchev–Trinajstić information content (AvgIpc) is 2.79. The SMILES string of the molecule is Cc1ccc(-c2nc3cccc(C)n3c2NC(C)C)cc1. The minimum atomic E-state index is 0.355. The van der Waals surface area contributed by atoms with Gasteiger partial charge in [0.05, 0.1) is 0 Å². The van der Waals surface area contributed by atoms with Crippen molar-refractivity contribution < 1.29 is 0 Å². The van der Waals surface area contributed by atoms with Crippen LogP contribution in [0.5, 0.6) is 0 Å². The van der Waals surface area contributed by atoms with Crippen molar-refractivity contribution in [1.82, 2.24) is 9.38 Å². The fourth-order valence-corrected chi connectivity index (χ4v) is 2.57. The van der Waals surface area contributed by atoms with Crippen LogP contribution in [0.2, 0.25) is 0 Å². The predicted molar refractivity (Wildman–Crippen MR) is 88.9 cm³/mol. The van der Waals surface area contributed by atoms with Crippen molar-refractivity contribution in [3.63, 3.8) is 0 Å². The number of benzene rings is 1. The topological polar surface area (TPSA) is 29.3 Å². The summed E-state index contributed by atoms with van der Waals surface area (Å²) in [5.74, 6) is 1.07. The van der Waals surface area contributed by atoms with Gasteiger partial charge in [-0.2, -0.15) is 0 Å². The zero-order chi connectivity index (χ0) is 15.0. The molecule has 0 spiro atoms. The summed E-state index contributed by atoms with van der Waals surface area (Å²) in [6.45, 7) is 8.51. The molecule has 0 amide bonds. The quantitative estimate of drug-likeness (QED) is 0.768. The van der Waals surface area contributed by atoms with E-state index in [1.54, 1.807) is 0 Å². The summed E-state index contributed by atoms with van der Waals surface area (Å²) in [6, 6.07) is 15.1. The van der Waals surface area contributed by atoms with Gasteiger partial charge in [-0.3, -0.25) is 4.40 Å². The van der Waals surface area contributed by atoms with Crippen molar-refractivity contribution in [3.8, 4) is 11.3 Å². The van der Waals surface area contributed by atoms with Crippen LogP contribution in [-0.4, -0.2) is 15.4 Å². The van der Waals surface area contributed by atoms with Crippen molar-refractivity contribution in [3.05, 3.63) is 53.7 Å². The summed E-state index contributed by atoms with van der Waals surface area (Å²) in [5.41, 5.74) is 5.58. The smallest absolute Gasteiger partial charge is 0.139 e. The van der Waals surface area contributed by atoms with Crippen LogP contribution in [0.3, 0.4) is 0 Å². The van der Waals surface area contributed by atoms with Gasteiger partial charge in [0.25, 0.3) is 0 Å². The summed E-state index contributed by atoms with van der Waals surface area (Å²) in [4.78, 5) is 4.83. The molecule has 0 saturated carbocycles. The second kappa shape index (κ2) is 5.24. The number of aromatic nitrogens is 2. The highest BCUT2D eigenvalue weighted by molar-refractivity contribution is 5.77. The lowest BCUT2D eigenvalue weighted by molar-refractivity contribution is 0.881. The molecule has 21 heavy (non-hydrogen) atoms. The molecular formula is C18H21N3. The Bertz CT molecular complexity index is 767. The van der Waals surface area contributed by atoms with E-state index < -0.39 is 0 Å². The number of pyridine rings is 1. The van der Waals surface area contributed by atoms with Gasteiger partial charge in [0, 0.05) is 17.3 Å². The lowest BCUT2D eigenvalue weighted by Gasteiger charge is -2.13. The Balaban J connectivity index is 2.26. The van der Waals surface area contributed by atoms with Gasteiger partial charge >= 0.3 is 0 Å². The van der Waals surface area contributed by atoms with Crippen LogP contribution in [0, 0.1) is 13.8 Å². The Morgan fingerprint density at radius 3 is 2.38 bits per heavy atom. The molecule has 3 aromatic rings. The molecule has 0 aliphatic rings. The predicted octanol–water partition coefficient (Wildman–Crippen LogP) is 4.44. The first-order chi connectivity index (χ1) is 10.1. The Morgan fingerprint density at radius 1 is 1.00 bits per heavy atom. The molecule has 0 fully saturated rings. The van der Waals surface area contributed by atoms with E-state index in [0.29, 0.717) is 6.04 Å². The first-order valence-electron chi connectivity index (χ1n) is 7.38. The highest BCUT2D eigenvalue weighted by Crippen LogP contribution is 2.30. The monoisotopic (exact) mass is 279 g/mol. The third-order valence-corrected chi connectivity index (χ3v) is 3.59. The standard InChI is InChI=1S/C18H21N3/c1-12(2)19-18-17(15-10-8-13(3)9-11-15)20-16-7-5-6-14(4)21(16)18/h5-12,19H,1-4H3. The third-order valence-electron chi connectivity index (χ3n) is 3.59. The number of nitrogens with one attached hydrogen (secondary N) is 1. The van der Waals surface area contributed by atoms with E-state index in [0.717, 1.165) is 22.7 Å². The Hall–Kier alpha value is -2.29. The number of aryl methyl sites for hydroxylation is 2. The Labute approximate surface area is 125 Å². The second-order valence-electron chi connectivity index (χ2n) is 5.83. The minimum Gasteiger partial charge on any atom is -0.367 e. The highest BCUT2D eigenvalue weighted by atomic mass is 15.1. The first kappa shape index (κ1) is 13.7.